The van der Waals surface area contributed by atoms with Crippen LogP contribution in [0.2, 0.25) is 0 Å². The number of aliphatic carboxylic acids is 1. The molecule has 0 saturated carbocycles. The fourth-order valence-corrected chi connectivity index (χ4v) is 5.19. The lowest BCUT2D eigenvalue weighted by atomic mass is 10.1. The molecule has 0 aliphatic heterocycles. The molecule has 0 aromatic heterocycles. The molecule has 4 N–H and O–H groups in total. The van der Waals surface area contributed by atoms with Gasteiger partial charge in [0.25, 0.3) is 0 Å². The van der Waals surface area contributed by atoms with E-state index in [0.29, 0.717) is 38.6 Å². The second-order valence-corrected chi connectivity index (χ2v) is 13.0. The second kappa shape index (κ2) is 37.8. The van der Waals surface area contributed by atoms with Crippen molar-refractivity contribution in [2.24, 2.45) is 5.73 Å². The SMILES string of the molecule is CC/C=C\C/C=C\C/C=C\C/C=C\C/C=C\C/C=C\CCCCCCC(=O)OC(/C=C\CCC)CCCCCCC(=O)NC(CCCN)C(=O)O. The summed E-state index contributed by atoms with van der Waals surface area (Å²) in [7, 11) is 0. The first-order valence-corrected chi connectivity index (χ1v) is 19.9. The maximum Gasteiger partial charge on any atom is 0.326 e. The molecule has 0 saturated heterocycles. The molecule has 7 heteroatoms. The molecular formula is C44H72N2O5. The van der Waals surface area contributed by atoms with E-state index in [0.717, 1.165) is 109 Å². The van der Waals surface area contributed by atoms with Gasteiger partial charge in [0, 0.05) is 12.8 Å². The van der Waals surface area contributed by atoms with Crippen LogP contribution in [0, 0.1) is 0 Å². The van der Waals surface area contributed by atoms with Gasteiger partial charge in [-0.05, 0) is 109 Å². The van der Waals surface area contributed by atoms with Crippen LogP contribution >= 0.6 is 0 Å². The molecule has 2 unspecified atom stereocenters. The van der Waals surface area contributed by atoms with Gasteiger partial charge in [-0.15, -0.1) is 0 Å². The predicted octanol–water partition coefficient (Wildman–Crippen LogP) is 10.9. The molecule has 0 aliphatic rings. The summed E-state index contributed by atoms with van der Waals surface area (Å²) in [5.41, 5.74) is 5.46. The molecule has 0 aliphatic carbocycles. The standard InChI is InChI=1S/C44H72N2O5/c1-3-5-7-8-9-10-11-12-13-14-15-16-17-18-19-20-21-22-23-24-25-26-32-38-43(48)51-40(34-29-6-4-2)35-30-27-28-31-37-42(47)46-41(44(49)50)36-33-39-45/h5,7,9-10,12-13,15-16,18-19,21-22,29,34,40-41H,3-4,6,8,11,14,17,20,23-28,30-33,35-39,45H2,1-2H3,(H,46,47)(H,49,50)/b7-5-,10-9-,13-12-,16-15-,19-18-,22-21-,34-29-. The van der Waals surface area contributed by atoms with E-state index in [-0.39, 0.29) is 18.0 Å². The molecule has 0 aromatic rings. The van der Waals surface area contributed by atoms with Crippen LogP contribution in [0.3, 0.4) is 0 Å². The average molecular weight is 709 g/mol. The van der Waals surface area contributed by atoms with E-state index >= 15 is 0 Å². The van der Waals surface area contributed by atoms with Crippen LogP contribution in [0.4, 0.5) is 0 Å². The van der Waals surface area contributed by atoms with Crippen molar-refractivity contribution in [3.8, 4) is 0 Å². The van der Waals surface area contributed by atoms with E-state index < -0.39 is 12.0 Å². The third kappa shape index (κ3) is 34.8. The van der Waals surface area contributed by atoms with Gasteiger partial charge in [-0.3, -0.25) is 9.59 Å². The molecule has 0 spiro atoms. The molecule has 0 fully saturated rings. The van der Waals surface area contributed by atoms with Crippen LogP contribution in [-0.2, 0) is 19.1 Å². The summed E-state index contributed by atoms with van der Waals surface area (Å²) in [4.78, 5) is 36.0. The van der Waals surface area contributed by atoms with Crippen molar-refractivity contribution in [3.63, 3.8) is 0 Å². The summed E-state index contributed by atoms with van der Waals surface area (Å²) in [6.45, 7) is 4.68. The lowest BCUT2D eigenvalue weighted by Crippen LogP contribution is -2.40. The number of allylic oxidation sites excluding steroid dienone is 13. The number of carboxylic acid groups (broad SMARTS) is 1. The summed E-state index contributed by atoms with van der Waals surface area (Å²) in [6, 6.07) is -0.875. The number of rotatable bonds is 34. The van der Waals surface area contributed by atoms with Crippen LogP contribution in [0.5, 0.6) is 0 Å². The summed E-state index contributed by atoms with van der Waals surface area (Å²) in [5, 5.41) is 11.9. The Morgan fingerprint density at radius 1 is 0.608 bits per heavy atom. The molecule has 288 valence electrons. The minimum atomic E-state index is -1.02. The van der Waals surface area contributed by atoms with Gasteiger partial charge in [0.1, 0.15) is 12.1 Å². The number of hydrogen-bond acceptors (Lipinski definition) is 5. The minimum Gasteiger partial charge on any atom is -0.480 e. The van der Waals surface area contributed by atoms with Gasteiger partial charge in [-0.2, -0.15) is 0 Å². The highest BCUT2D eigenvalue weighted by atomic mass is 16.5. The van der Waals surface area contributed by atoms with E-state index in [9.17, 15) is 19.5 Å². The largest absolute Gasteiger partial charge is 0.480 e. The summed E-state index contributed by atoms with van der Waals surface area (Å²) >= 11 is 0. The maximum atomic E-state index is 12.5. The number of amides is 1. The average Bonchev–Trinajstić information content (AvgIpc) is 3.11. The van der Waals surface area contributed by atoms with Gasteiger partial charge in [-0.1, -0.05) is 125 Å². The van der Waals surface area contributed by atoms with Gasteiger partial charge >= 0.3 is 11.9 Å². The molecule has 0 aromatic carbocycles. The van der Waals surface area contributed by atoms with E-state index in [2.05, 4.69) is 98.2 Å². The van der Waals surface area contributed by atoms with Crippen LogP contribution in [-0.4, -0.2) is 41.6 Å². The summed E-state index contributed by atoms with van der Waals surface area (Å²) in [5.74, 6) is -1.38. The number of nitrogens with one attached hydrogen (secondary N) is 1. The zero-order valence-corrected chi connectivity index (χ0v) is 32.2. The maximum absolute atomic E-state index is 12.5. The van der Waals surface area contributed by atoms with Crippen molar-refractivity contribution >= 4 is 17.8 Å². The smallest absolute Gasteiger partial charge is 0.326 e. The first kappa shape index (κ1) is 47.5. The van der Waals surface area contributed by atoms with Gasteiger partial charge in [0.15, 0.2) is 0 Å². The highest BCUT2D eigenvalue weighted by Crippen LogP contribution is 2.14. The molecular weight excluding hydrogens is 636 g/mol. The van der Waals surface area contributed by atoms with Crippen LogP contribution in [0.25, 0.3) is 0 Å². The van der Waals surface area contributed by atoms with E-state index in [1.54, 1.807) is 0 Å². The van der Waals surface area contributed by atoms with Gasteiger partial charge in [-0.25, -0.2) is 4.79 Å². The number of hydrogen-bond donors (Lipinski definition) is 3. The molecule has 7 nitrogen and oxygen atoms in total. The summed E-state index contributed by atoms with van der Waals surface area (Å²) in [6.07, 6.45) is 49.7. The van der Waals surface area contributed by atoms with Gasteiger partial charge in [0.2, 0.25) is 5.91 Å². The van der Waals surface area contributed by atoms with Gasteiger partial charge < -0.3 is 20.9 Å². The van der Waals surface area contributed by atoms with E-state index in [4.69, 9.17) is 10.5 Å². The third-order valence-electron chi connectivity index (χ3n) is 8.16. The fraction of sp³-hybridized carbons (Fsp3) is 0.614. The quantitative estimate of drug-likeness (QED) is 0.0348. The monoisotopic (exact) mass is 709 g/mol. The fourth-order valence-electron chi connectivity index (χ4n) is 5.19. The van der Waals surface area contributed by atoms with Crippen molar-refractivity contribution in [2.45, 2.75) is 167 Å². The Hall–Kier alpha value is -3.45. The van der Waals surface area contributed by atoms with Crippen molar-refractivity contribution in [2.75, 3.05) is 6.54 Å². The number of carbonyl (C=O) groups excluding carboxylic acids is 2. The zero-order chi connectivity index (χ0) is 37.5. The van der Waals surface area contributed by atoms with Crippen molar-refractivity contribution < 1.29 is 24.2 Å². The van der Waals surface area contributed by atoms with E-state index in [1.165, 1.54) is 0 Å². The Morgan fingerprint density at radius 2 is 1.14 bits per heavy atom. The number of carboxylic acids is 1. The Balaban J connectivity index is 4.01. The lowest BCUT2D eigenvalue weighted by molar-refractivity contribution is -0.147. The third-order valence-corrected chi connectivity index (χ3v) is 8.16. The molecule has 1 amide bonds. The Bertz CT molecular complexity index is 1070. The van der Waals surface area contributed by atoms with Crippen molar-refractivity contribution in [1.29, 1.82) is 0 Å². The first-order chi connectivity index (χ1) is 24.9. The number of esters is 1. The highest BCUT2D eigenvalue weighted by Gasteiger charge is 2.19. The Kier molecular flexibility index (Phi) is 35.2. The molecule has 0 radical (unpaired) electrons. The highest BCUT2D eigenvalue weighted by molar-refractivity contribution is 5.83. The van der Waals surface area contributed by atoms with Crippen LogP contribution < -0.4 is 11.1 Å². The molecule has 0 bridgehead atoms. The first-order valence-electron chi connectivity index (χ1n) is 19.9. The zero-order valence-electron chi connectivity index (χ0n) is 32.2. The topological polar surface area (TPSA) is 119 Å². The van der Waals surface area contributed by atoms with Crippen LogP contribution in [0.1, 0.15) is 155 Å². The molecule has 0 rings (SSSR count). The second-order valence-electron chi connectivity index (χ2n) is 13.0. The van der Waals surface area contributed by atoms with E-state index in [1.807, 2.05) is 6.08 Å². The number of carbonyl (C=O) groups is 3. The predicted molar refractivity (Wildman–Crippen MR) is 215 cm³/mol. The lowest BCUT2D eigenvalue weighted by Gasteiger charge is -2.15. The molecule has 0 heterocycles. The number of unbranched alkanes of at least 4 members (excludes halogenated alkanes) is 8. The molecule has 2 atom stereocenters. The Morgan fingerprint density at radius 3 is 1.69 bits per heavy atom. The van der Waals surface area contributed by atoms with Crippen molar-refractivity contribution in [1.82, 2.24) is 5.32 Å². The molecule has 51 heavy (non-hydrogen) atoms. The normalized spacial score (nSPS) is 13.6. The number of nitrogens with two attached hydrogens (primary N) is 1. The number of ether oxygens (including phenoxy) is 1. The Labute approximate surface area is 311 Å². The van der Waals surface area contributed by atoms with Crippen LogP contribution in [0.15, 0.2) is 85.1 Å². The minimum absolute atomic E-state index is 0.127. The van der Waals surface area contributed by atoms with Crippen molar-refractivity contribution in [3.05, 3.63) is 85.1 Å². The van der Waals surface area contributed by atoms with Gasteiger partial charge in [0.05, 0.1) is 0 Å². The summed E-state index contributed by atoms with van der Waals surface area (Å²) < 4.78 is 5.81.